The average Bonchev–Trinajstić information content (AvgIpc) is 2.60. The van der Waals surface area contributed by atoms with Crippen LogP contribution in [0.15, 0.2) is 83.3 Å². The summed E-state index contributed by atoms with van der Waals surface area (Å²) in [5, 5.41) is 2.89. The van der Waals surface area contributed by atoms with Gasteiger partial charge in [-0.05, 0) is 48.0 Å². The minimum atomic E-state index is -0.0568. The van der Waals surface area contributed by atoms with Crippen LogP contribution in [0.25, 0.3) is 0 Å². The predicted octanol–water partition coefficient (Wildman–Crippen LogP) is 5.42. The normalized spacial score (nSPS) is 10.2. The van der Waals surface area contributed by atoms with Crippen molar-refractivity contribution in [1.29, 1.82) is 0 Å². The highest BCUT2D eigenvalue weighted by Crippen LogP contribution is 2.23. The van der Waals surface area contributed by atoms with E-state index in [1.165, 1.54) is 0 Å². The molecule has 0 radical (unpaired) electrons. The number of benzene rings is 3. The molecular weight excluding hydrogens is 366 g/mol. The first-order valence-corrected chi connectivity index (χ1v) is 8.36. The van der Waals surface area contributed by atoms with Crippen LogP contribution in [0.1, 0.15) is 5.56 Å². The number of halogens is 1. The van der Waals surface area contributed by atoms with E-state index in [4.69, 9.17) is 4.74 Å². The van der Waals surface area contributed by atoms with Gasteiger partial charge in [-0.15, -0.1) is 0 Å². The largest absolute Gasteiger partial charge is 0.457 e. The smallest absolute Gasteiger partial charge is 0.228 e. The summed E-state index contributed by atoms with van der Waals surface area (Å²) in [7, 11) is 0. The number of ether oxygens (including phenoxy) is 1. The van der Waals surface area contributed by atoms with Crippen LogP contribution in [0, 0.1) is 0 Å². The third kappa shape index (κ3) is 4.46. The van der Waals surface area contributed by atoms with E-state index >= 15 is 0 Å². The van der Waals surface area contributed by atoms with Gasteiger partial charge in [0.2, 0.25) is 5.91 Å². The second-order valence-electron chi connectivity index (χ2n) is 5.26. The molecule has 1 amide bonds. The first-order valence-electron chi connectivity index (χ1n) is 7.57. The molecule has 0 unspecified atom stereocenters. The van der Waals surface area contributed by atoms with E-state index in [1.54, 1.807) is 0 Å². The fraction of sp³-hybridized carbons (Fsp3) is 0.0500. The van der Waals surface area contributed by atoms with E-state index in [0.29, 0.717) is 6.42 Å². The number of para-hydroxylation sites is 1. The summed E-state index contributed by atoms with van der Waals surface area (Å²) < 4.78 is 6.67. The Hall–Kier alpha value is -2.59. The lowest BCUT2D eigenvalue weighted by molar-refractivity contribution is -0.115. The molecule has 3 nitrogen and oxygen atoms in total. The van der Waals surface area contributed by atoms with Crippen LogP contribution in [0.5, 0.6) is 11.5 Å². The van der Waals surface area contributed by atoms with Crippen molar-refractivity contribution in [3.05, 3.63) is 88.9 Å². The summed E-state index contributed by atoms with van der Waals surface area (Å²) in [5.74, 6) is 1.45. The van der Waals surface area contributed by atoms with Gasteiger partial charge >= 0.3 is 0 Å². The Morgan fingerprint density at radius 3 is 2.17 bits per heavy atom. The van der Waals surface area contributed by atoms with Crippen molar-refractivity contribution in [3.8, 4) is 11.5 Å². The van der Waals surface area contributed by atoms with E-state index in [-0.39, 0.29) is 5.91 Å². The zero-order chi connectivity index (χ0) is 16.8. The van der Waals surface area contributed by atoms with Gasteiger partial charge in [-0.3, -0.25) is 4.79 Å². The topological polar surface area (TPSA) is 38.3 Å². The van der Waals surface area contributed by atoms with Crippen molar-refractivity contribution in [2.45, 2.75) is 6.42 Å². The predicted molar refractivity (Wildman–Crippen MR) is 99.4 cm³/mol. The Bertz CT molecular complexity index is 817. The van der Waals surface area contributed by atoms with Gasteiger partial charge in [-0.2, -0.15) is 0 Å². The molecule has 0 saturated carbocycles. The number of rotatable bonds is 5. The van der Waals surface area contributed by atoms with Crippen LogP contribution in [0.4, 0.5) is 5.69 Å². The highest BCUT2D eigenvalue weighted by Gasteiger charge is 2.07. The number of hydrogen-bond donors (Lipinski definition) is 1. The standard InChI is InChI=1S/C20H16BrNO2/c21-19-9-5-4-6-15(19)14-20(23)22-16-10-12-18(13-11-16)24-17-7-2-1-3-8-17/h1-13H,14H2,(H,22,23). The number of anilines is 1. The summed E-state index contributed by atoms with van der Waals surface area (Å²) in [6.45, 7) is 0. The van der Waals surface area contributed by atoms with Crippen LogP contribution < -0.4 is 10.1 Å². The van der Waals surface area contributed by atoms with E-state index in [2.05, 4.69) is 21.2 Å². The summed E-state index contributed by atoms with van der Waals surface area (Å²) >= 11 is 3.45. The van der Waals surface area contributed by atoms with Gasteiger partial charge in [0, 0.05) is 10.2 Å². The number of carbonyl (C=O) groups is 1. The molecule has 0 spiro atoms. The molecule has 3 aromatic rings. The fourth-order valence-corrected chi connectivity index (χ4v) is 2.68. The van der Waals surface area contributed by atoms with E-state index in [1.807, 2.05) is 78.9 Å². The van der Waals surface area contributed by atoms with Gasteiger partial charge in [-0.25, -0.2) is 0 Å². The third-order valence-electron chi connectivity index (χ3n) is 3.43. The van der Waals surface area contributed by atoms with Crippen molar-refractivity contribution in [1.82, 2.24) is 0 Å². The molecule has 4 heteroatoms. The molecule has 0 aliphatic rings. The molecule has 24 heavy (non-hydrogen) atoms. The number of carbonyl (C=O) groups excluding carboxylic acids is 1. The number of hydrogen-bond acceptors (Lipinski definition) is 2. The number of amides is 1. The van der Waals surface area contributed by atoms with E-state index in [0.717, 1.165) is 27.2 Å². The van der Waals surface area contributed by atoms with Crippen molar-refractivity contribution in [2.75, 3.05) is 5.32 Å². The zero-order valence-electron chi connectivity index (χ0n) is 12.9. The van der Waals surface area contributed by atoms with E-state index < -0.39 is 0 Å². The maximum atomic E-state index is 12.1. The summed E-state index contributed by atoms with van der Waals surface area (Å²) in [5.41, 5.74) is 1.70. The van der Waals surface area contributed by atoms with Crippen LogP contribution in [0.2, 0.25) is 0 Å². The molecule has 3 aromatic carbocycles. The molecule has 1 N–H and O–H groups in total. The molecule has 0 bridgehead atoms. The van der Waals surface area contributed by atoms with Crippen molar-refractivity contribution in [2.24, 2.45) is 0 Å². The summed E-state index contributed by atoms with van der Waals surface area (Å²) in [6.07, 6.45) is 0.323. The third-order valence-corrected chi connectivity index (χ3v) is 4.20. The van der Waals surface area contributed by atoms with Gasteiger partial charge < -0.3 is 10.1 Å². The molecule has 0 saturated heterocycles. The van der Waals surface area contributed by atoms with Gasteiger partial charge in [0.25, 0.3) is 0 Å². The first-order chi connectivity index (χ1) is 11.7. The maximum Gasteiger partial charge on any atom is 0.228 e. The maximum absolute atomic E-state index is 12.1. The second-order valence-corrected chi connectivity index (χ2v) is 6.11. The fourth-order valence-electron chi connectivity index (χ4n) is 2.25. The van der Waals surface area contributed by atoms with Crippen LogP contribution >= 0.6 is 15.9 Å². The quantitative estimate of drug-likeness (QED) is 0.640. The van der Waals surface area contributed by atoms with Gasteiger partial charge in [0.15, 0.2) is 0 Å². The minimum Gasteiger partial charge on any atom is -0.457 e. The second kappa shape index (κ2) is 7.79. The summed E-state index contributed by atoms with van der Waals surface area (Å²) in [4.78, 5) is 12.1. The first kappa shape index (κ1) is 16.3. The molecule has 0 aromatic heterocycles. The molecule has 120 valence electrons. The molecule has 0 fully saturated rings. The molecule has 0 aliphatic heterocycles. The Kier molecular flexibility index (Phi) is 5.29. The van der Waals surface area contributed by atoms with E-state index in [9.17, 15) is 4.79 Å². The monoisotopic (exact) mass is 381 g/mol. The Labute approximate surface area is 149 Å². The summed E-state index contributed by atoms with van der Waals surface area (Å²) in [6, 6.07) is 24.6. The van der Waals surface area contributed by atoms with Crippen molar-refractivity contribution >= 4 is 27.5 Å². The lowest BCUT2D eigenvalue weighted by Crippen LogP contribution is -2.14. The van der Waals surface area contributed by atoms with Gasteiger partial charge in [-0.1, -0.05) is 52.3 Å². The SMILES string of the molecule is O=C(Cc1ccccc1Br)Nc1ccc(Oc2ccccc2)cc1. The van der Waals surface area contributed by atoms with Gasteiger partial charge in [0.1, 0.15) is 11.5 Å². The number of nitrogens with one attached hydrogen (secondary N) is 1. The Morgan fingerprint density at radius 2 is 1.46 bits per heavy atom. The zero-order valence-corrected chi connectivity index (χ0v) is 14.5. The molecule has 0 atom stereocenters. The minimum absolute atomic E-state index is 0.0568. The Balaban J connectivity index is 1.60. The van der Waals surface area contributed by atoms with Crippen LogP contribution in [0.3, 0.4) is 0 Å². The lowest BCUT2D eigenvalue weighted by Gasteiger charge is -2.09. The lowest BCUT2D eigenvalue weighted by atomic mass is 10.1. The van der Waals surface area contributed by atoms with Crippen LogP contribution in [-0.4, -0.2) is 5.91 Å². The highest BCUT2D eigenvalue weighted by atomic mass is 79.9. The molecular formula is C20H16BrNO2. The molecule has 3 rings (SSSR count). The average molecular weight is 382 g/mol. The van der Waals surface area contributed by atoms with Crippen molar-refractivity contribution in [3.63, 3.8) is 0 Å². The van der Waals surface area contributed by atoms with Crippen molar-refractivity contribution < 1.29 is 9.53 Å². The van der Waals surface area contributed by atoms with Gasteiger partial charge in [0.05, 0.1) is 6.42 Å². The Morgan fingerprint density at radius 1 is 0.833 bits per heavy atom. The molecule has 0 aliphatic carbocycles. The molecule has 0 heterocycles. The highest BCUT2D eigenvalue weighted by molar-refractivity contribution is 9.10. The van der Waals surface area contributed by atoms with Crippen LogP contribution in [-0.2, 0) is 11.2 Å².